The molecule has 3 fully saturated rings. The highest BCUT2D eigenvalue weighted by molar-refractivity contribution is 5.95. The summed E-state index contributed by atoms with van der Waals surface area (Å²) in [4.78, 5) is 25.9. The molecule has 0 amide bonds. The van der Waals surface area contributed by atoms with Gasteiger partial charge in [0.15, 0.2) is 0 Å². The number of hydrogen-bond acceptors (Lipinski definition) is 4. The van der Waals surface area contributed by atoms with Crippen molar-refractivity contribution in [2.75, 3.05) is 24.5 Å². The van der Waals surface area contributed by atoms with Crippen molar-refractivity contribution in [3.05, 3.63) is 39.4 Å². The van der Waals surface area contributed by atoms with Gasteiger partial charge in [0.25, 0.3) is 0 Å². The topological polar surface area (TPSA) is 74.6 Å². The summed E-state index contributed by atoms with van der Waals surface area (Å²) in [5.41, 5.74) is -0.428. The van der Waals surface area contributed by atoms with Crippen molar-refractivity contribution in [3.63, 3.8) is 0 Å². The minimum Gasteiger partial charge on any atom is -0.477 e. The van der Waals surface area contributed by atoms with Gasteiger partial charge in [-0.25, -0.2) is 18.0 Å². The van der Waals surface area contributed by atoms with Crippen LogP contribution in [0, 0.1) is 18.7 Å². The van der Waals surface area contributed by atoms with E-state index in [9.17, 15) is 23.5 Å². The van der Waals surface area contributed by atoms with Gasteiger partial charge in [-0.05, 0) is 31.4 Å². The fourth-order valence-corrected chi connectivity index (χ4v) is 4.72. The number of rotatable bonds is 6. The second-order valence-electron chi connectivity index (χ2n) is 9.00. The van der Waals surface area contributed by atoms with E-state index in [1.165, 1.54) is 4.57 Å². The van der Waals surface area contributed by atoms with Gasteiger partial charge >= 0.3 is 5.97 Å². The van der Waals surface area contributed by atoms with Gasteiger partial charge in [-0.2, -0.15) is 0 Å². The zero-order valence-corrected chi connectivity index (χ0v) is 17.1. The largest absolute Gasteiger partial charge is 0.477 e. The SMILES string of the molecule is Cc1c(N2CC(F)C(CNC3CC3)C2)c(F)cc2c(=O)c(C(=O)O)cn(C3CC3F)c12. The number of nitrogens with one attached hydrogen (secondary N) is 1. The molecule has 5 rings (SSSR count). The van der Waals surface area contributed by atoms with Crippen LogP contribution in [-0.4, -0.2) is 53.7 Å². The van der Waals surface area contributed by atoms with E-state index in [-0.39, 0.29) is 30.0 Å². The van der Waals surface area contributed by atoms with Crippen LogP contribution in [0.5, 0.6) is 0 Å². The third-order valence-electron chi connectivity index (χ3n) is 6.67. The molecular weight excluding hydrogens is 411 g/mol. The van der Waals surface area contributed by atoms with Crippen LogP contribution in [0.3, 0.4) is 0 Å². The quantitative estimate of drug-likeness (QED) is 0.730. The minimum absolute atomic E-state index is 0.0346. The van der Waals surface area contributed by atoms with Crippen LogP contribution in [-0.2, 0) is 0 Å². The molecule has 0 bridgehead atoms. The molecular formula is C22H24F3N3O3. The summed E-state index contributed by atoms with van der Waals surface area (Å²) in [7, 11) is 0. The predicted molar refractivity (Wildman–Crippen MR) is 110 cm³/mol. The Morgan fingerprint density at radius 3 is 2.58 bits per heavy atom. The van der Waals surface area contributed by atoms with Crippen molar-refractivity contribution in [1.82, 2.24) is 9.88 Å². The first kappa shape index (κ1) is 20.4. The number of aromatic carboxylic acids is 1. The first-order valence-electron chi connectivity index (χ1n) is 10.6. The zero-order chi connectivity index (χ0) is 22.0. The number of pyridine rings is 1. The number of nitrogens with zero attached hydrogens (tertiary/aromatic N) is 2. The molecule has 2 aliphatic carbocycles. The molecule has 9 heteroatoms. The van der Waals surface area contributed by atoms with Crippen LogP contribution >= 0.6 is 0 Å². The van der Waals surface area contributed by atoms with Crippen molar-refractivity contribution >= 4 is 22.6 Å². The Bertz CT molecular complexity index is 1130. The molecule has 31 heavy (non-hydrogen) atoms. The number of carbonyl (C=O) groups is 1. The zero-order valence-electron chi connectivity index (χ0n) is 17.1. The molecule has 2 aromatic rings. The van der Waals surface area contributed by atoms with Crippen LogP contribution in [0.25, 0.3) is 10.9 Å². The first-order valence-corrected chi connectivity index (χ1v) is 10.6. The lowest BCUT2D eigenvalue weighted by atomic mass is 10.0. The molecule has 0 spiro atoms. The molecule has 2 saturated carbocycles. The number of carboxylic acids is 1. The van der Waals surface area contributed by atoms with Gasteiger partial charge in [0, 0.05) is 49.6 Å². The molecule has 6 nitrogen and oxygen atoms in total. The lowest BCUT2D eigenvalue weighted by molar-refractivity contribution is 0.0694. The lowest BCUT2D eigenvalue weighted by Crippen LogP contribution is -2.30. The highest BCUT2D eigenvalue weighted by Gasteiger charge is 2.41. The van der Waals surface area contributed by atoms with E-state index in [1.807, 2.05) is 0 Å². The number of benzene rings is 1. The second-order valence-corrected chi connectivity index (χ2v) is 9.00. The number of hydrogen-bond donors (Lipinski definition) is 2. The number of aromatic nitrogens is 1. The summed E-state index contributed by atoms with van der Waals surface area (Å²) in [5, 5.41) is 12.6. The lowest BCUT2D eigenvalue weighted by Gasteiger charge is -2.24. The normalized spacial score (nSPS) is 27.8. The summed E-state index contributed by atoms with van der Waals surface area (Å²) < 4.78 is 45.2. The van der Waals surface area contributed by atoms with Gasteiger partial charge in [0.1, 0.15) is 23.7 Å². The Balaban J connectivity index is 1.59. The third-order valence-corrected chi connectivity index (χ3v) is 6.67. The highest BCUT2D eigenvalue weighted by Crippen LogP contribution is 2.43. The molecule has 2 heterocycles. The van der Waals surface area contributed by atoms with Crippen LogP contribution in [0.4, 0.5) is 18.9 Å². The van der Waals surface area contributed by atoms with E-state index in [0.29, 0.717) is 30.2 Å². The molecule has 3 aliphatic rings. The maximum absolute atomic E-state index is 15.2. The second kappa shape index (κ2) is 7.25. The number of carboxylic acid groups (broad SMARTS) is 1. The molecule has 1 aromatic heterocycles. The maximum Gasteiger partial charge on any atom is 0.341 e. The average Bonchev–Trinajstić information content (AvgIpc) is 3.62. The standard InChI is InChI=1S/C22H24F3N3O3/c1-10-19-13(21(29)14(22(30)31)8-28(19)18-5-15(18)23)4-16(24)20(10)27-7-11(17(25)9-27)6-26-12-2-3-12/h4,8,11-12,15,17-18,26H,2-3,5-7,9H2,1H3,(H,30,31). The van der Waals surface area contributed by atoms with Gasteiger partial charge in [-0.15, -0.1) is 0 Å². The fraction of sp³-hybridized carbons (Fsp3) is 0.545. The Morgan fingerprint density at radius 1 is 1.26 bits per heavy atom. The highest BCUT2D eigenvalue weighted by atomic mass is 19.1. The Morgan fingerprint density at radius 2 is 1.97 bits per heavy atom. The van der Waals surface area contributed by atoms with Crippen molar-refractivity contribution in [2.24, 2.45) is 5.92 Å². The summed E-state index contributed by atoms with van der Waals surface area (Å²) in [6.45, 7) is 2.51. The van der Waals surface area contributed by atoms with Crippen molar-refractivity contribution in [3.8, 4) is 0 Å². The van der Waals surface area contributed by atoms with E-state index in [0.717, 1.165) is 25.1 Å². The maximum atomic E-state index is 15.2. The Labute approximate surface area is 176 Å². The summed E-state index contributed by atoms with van der Waals surface area (Å²) in [6, 6.07) is 0.869. The first-order chi connectivity index (χ1) is 14.8. The van der Waals surface area contributed by atoms with Gasteiger partial charge < -0.3 is 19.9 Å². The summed E-state index contributed by atoms with van der Waals surface area (Å²) in [5.74, 6) is -2.42. The molecule has 0 radical (unpaired) electrons. The molecule has 2 N–H and O–H groups in total. The van der Waals surface area contributed by atoms with Crippen molar-refractivity contribution in [1.29, 1.82) is 0 Å². The summed E-state index contributed by atoms with van der Waals surface area (Å²) in [6.07, 6.45) is 1.28. The van der Waals surface area contributed by atoms with Crippen LogP contribution in [0.1, 0.15) is 41.2 Å². The number of aryl methyl sites for hydroxylation is 1. The van der Waals surface area contributed by atoms with E-state index in [2.05, 4.69) is 5.32 Å². The summed E-state index contributed by atoms with van der Waals surface area (Å²) >= 11 is 0. The van der Waals surface area contributed by atoms with Gasteiger partial charge in [0.05, 0.1) is 17.2 Å². The molecule has 4 unspecified atom stereocenters. The van der Waals surface area contributed by atoms with Crippen molar-refractivity contribution < 1.29 is 23.1 Å². The molecule has 4 atom stereocenters. The average molecular weight is 435 g/mol. The van der Waals surface area contributed by atoms with E-state index >= 15 is 4.39 Å². The minimum atomic E-state index is -1.44. The number of halogens is 3. The number of anilines is 1. The molecule has 1 aliphatic heterocycles. The predicted octanol–water partition coefficient (Wildman–Crippen LogP) is 2.96. The van der Waals surface area contributed by atoms with E-state index in [1.54, 1.807) is 11.8 Å². The van der Waals surface area contributed by atoms with Gasteiger partial charge in [-0.1, -0.05) is 0 Å². The Hall–Kier alpha value is -2.55. The fourth-order valence-electron chi connectivity index (χ4n) is 4.72. The monoisotopic (exact) mass is 435 g/mol. The Kier molecular flexibility index (Phi) is 4.76. The van der Waals surface area contributed by atoms with E-state index < -0.39 is 41.2 Å². The molecule has 166 valence electrons. The van der Waals surface area contributed by atoms with Gasteiger partial charge in [0.2, 0.25) is 5.43 Å². The molecule has 1 saturated heterocycles. The van der Waals surface area contributed by atoms with Gasteiger partial charge in [-0.3, -0.25) is 4.79 Å². The van der Waals surface area contributed by atoms with Crippen molar-refractivity contribution in [2.45, 2.75) is 50.6 Å². The van der Waals surface area contributed by atoms with Crippen LogP contribution < -0.4 is 15.6 Å². The number of alkyl halides is 2. The third kappa shape index (κ3) is 3.48. The van der Waals surface area contributed by atoms with Crippen LogP contribution in [0.2, 0.25) is 0 Å². The number of fused-ring (bicyclic) bond motifs is 1. The van der Waals surface area contributed by atoms with E-state index in [4.69, 9.17) is 0 Å². The smallest absolute Gasteiger partial charge is 0.341 e. The molecule has 1 aromatic carbocycles. The van der Waals surface area contributed by atoms with Crippen LogP contribution in [0.15, 0.2) is 17.1 Å².